The standard InChI is InChI=1S/C21H23NO/c1-3-9-19(10-4-1)11-7-8-16-22-17-14-21(15-18-22)23-20-12-5-2-6-13-20/h1-6,9-10,12-13,21H,11,14-18H2. The molecule has 1 saturated heterocycles. The van der Waals surface area contributed by atoms with Crippen molar-refractivity contribution in [3.63, 3.8) is 0 Å². The van der Waals surface area contributed by atoms with Gasteiger partial charge in [-0.1, -0.05) is 60.4 Å². The molecule has 1 fully saturated rings. The molecule has 1 aliphatic heterocycles. The van der Waals surface area contributed by atoms with Crippen molar-refractivity contribution in [3.05, 3.63) is 66.2 Å². The van der Waals surface area contributed by atoms with E-state index in [2.05, 4.69) is 41.0 Å². The molecule has 1 aliphatic rings. The van der Waals surface area contributed by atoms with Crippen LogP contribution in [0.3, 0.4) is 0 Å². The van der Waals surface area contributed by atoms with Gasteiger partial charge in [0.15, 0.2) is 0 Å². The highest BCUT2D eigenvalue weighted by atomic mass is 16.5. The number of likely N-dealkylation sites (tertiary alicyclic amines) is 1. The minimum Gasteiger partial charge on any atom is -0.490 e. The normalized spacial score (nSPS) is 15.7. The zero-order chi connectivity index (χ0) is 15.7. The smallest absolute Gasteiger partial charge is 0.119 e. The van der Waals surface area contributed by atoms with Crippen molar-refractivity contribution in [3.8, 4) is 17.6 Å². The van der Waals surface area contributed by atoms with Crippen LogP contribution in [0, 0.1) is 11.8 Å². The first-order valence-electron chi connectivity index (χ1n) is 8.34. The second kappa shape index (κ2) is 8.41. The Morgan fingerprint density at radius 3 is 2.22 bits per heavy atom. The molecule has 0 amide bonds. The van der Waals surface area contributed by atoms with Gasteiger partial charge in [-0.05, 0) is 30.5 Å². The summed E-state index contributed by atoms with van der Waals surface area (Å²) >= 11 is 0. The van der Waals surface area contributed by atoms with Crippen LogP contribution >= 0.6 is 0 Å². The number of ether oxygens (including phenoxy) is 1. The zero-order valence-electron chi connectivity index (χ0n) is 13.4. The highest BCUT2D eigenvalue weighted by molar-refractivity contribution is 5.22. The van der Waals surface area contributed by atoms with E-state index in [1.54, 1.807) is 0 Å². The van der Waals surface area contributed by atoms with E-state index < -0.39 is 0 Å². The van der Waals surface area contributed by atoms with Crippen molar-refractivity contribution in [2.45, 2.75) is 25.4 Å². The van der Waals surface area contributed by atoms with Crippen LogP contribution < -0.4 is 4.74 Å². The molecule has 0 radical (unpaired) electrons. The first-order chi connectivity index (χ1) is 11.4. The van der Waals surface area contributed by atoms with Crippen LogP contribution in [-0.4, -0.2) is 30.6 Å². The number of benzene rings is 2. The largest absolute Gasteiger partial charge is 0.490 e. The summed E-state index contributed by atoms with van der Waals surface area (Å²) in [5.74, 6) is 7.56. The molecule has 23 heavy (non-hydrogen) atoms. The molecule has 118 valence electrons. The van der Waals surface area contributed by atoms with Crippen LogP contribution in [0.15, 0.2) is 60.7 Å². The molecule has 0 aliphatic carbocycles. The zero-order valence-corrected chi connectivity index (χ0v) is 13.4. The van der Waals surface area contributed by atoms with Gasteiger partial charge >= 0.3 is 0 Å². The van der Waals surface area contributed by atoms with E-state index in [4.69, 9.17) is 4.74 Å². The lowest BCUT2D eigenvalue weighted by Gasteiger charge is -2.30. The van der Waals surface area contributed by atoms with Gasteiger partial charge in [-0.3, -0.25) is 4.90 Å². The van der Waals surface area contributed by atoms with Crippen LogP contribution in [0.5, 0.6) is 5.75 Å². The van der Waals surface area contributed by atoms with Gasteiger partial charge in [-0.2, -0.15) is 0 Å². The number of piperidine rings is 1. The van der Waals surface area contributed by atoms with Gasteiger partial charge in [0.25, 0.3) is 0 Å². The summed E-state index contributed by atoms with van der Waals surface area (Å²) in [6, 6.07) is 20.5. The maximum atomic E-state index is 6.02. The van der Waals surface area contributed by atoms with Crippen LogP contribution in [0.4, 0.5) is 0 Å². The van der Waals surface area contributed by atoms with Gasteiger partial charge < -0.3 is 4.74 Å². The highest BCUT2D eigenvalue weighted by Crippen LogP contribution is 2.18. The first kappa shape index (κ1) is 15.6. The lowest BCUT2D eigenvalue weighted by atomic mass is 10.1. The van der Waals surface area contributed by atoms with Gasteiger partial charge in [0.05, 0.1) is 6.54 Å². The molecule has 2 aromatic carbocycles. The minimum atomic E-state index is 0.339. The molecule has 2 heteroatoms. The maximum absolute atomic E-state index is 6.02. The Morgan fingerprint density at radius 1 is 0.870 bits per heavy atom. The van der Waals surface area contributed by atoms with E-state index >= 15 is 0 Å². The molecule has 0 unspecified atom stereocenters. The third-order valence-electron chi connectivity index (χ3n) is 4.14. The second-order valence-corrected chi connectivity index (χ2v) is 5.92. The van der Waals surface area contributed by atoms with Gasteiger partial charge in [0, 0.05) is 19.5 Å². The van der Waals surface area contributed by atoms with E-state index in [0.717, 1.165) is 44.6 Å². The Bertz CT molecular complexity index is 634. The van der Waals surface area contributed by atoms with Crippen molar-refractivity contribution in [1.29, 1.82) is 0 Å². The number of hydrogen-bond acceptors (Lipinski definition) is 2. The van der Waals surface area contributed by atoms with Gasteiger partial charge in [0.1, 0.15) is 11.9 Å². The van der Waals surface area contributed by atoms with E-state index in [1.807, 2.05) is 36.4 Å². The predicted octanol–water partition coefficient (Wildman–Crippen LogP) is 3.78. The summed E-state index contributed by atoms with van der Waals surface area (Å²) < 4.78 is 6.02. The lowest BCUT2D eigenvalue weighted by Crippen LogP contribution is -2.38. The number of hydrogen-bond donors (Lipinski definition) is 0. The maximum Gasteiger partial charge on any atom is 0.119 e. The molecule has 1 heterocycles. The molecule has 0 saturated carbocycles. The van der Waals surface area contributed by atoms with Gasteiger partial charge in [-0.15, -0.1) is 0 Å². The van der Waals surface area contributed by atoms with Crippen molar-refractivity contribution in [1.82, 2.24) is 4.90 Å². The summed E-state index contributed by atoms with van der Waals surface area (Å²) in [5, 5.41) is 0. The summed E-state index contributed by atoms with van der Waals surface area (Å²) in [6.45, 7) is 3.00. The fourth-order valence-electron chi connectivity index (χ4n) is 2.80. The van der Waals surface area contributed by atoms with E-state index in [9.17, 15) is 0 Å². The third kappa shape index (κ3) is 5.16. The average molecular weight is 305 g/mol. The Hall–Kier alpha value is -2.24. The topological polar surface area (TPSA) is 12.5 Å². The number of nitrogens with zero attached hydrogens (tertiary/aromatic N) is 1. The molecular formula is C21H23NO. The number of para-hydroxylation sites is 1. The Kier molecular flexibility index (Phi) is 5.72. The first-order valence-corrected chi connectivity index (χ1v) is 8.34. The molecule has 2 aromatic rings. The fraction of sp³-hybridized carbons (Fsp3) is 0.333. The van der Waals surface area contributed by atoms with E-state index in [-0.39, 0.29) is 0 Å². The number of rotatable bonds is 4. The lowest BCUT2D eigenvalue weighted by molar-refractivity contribution is 0.108. The minimum absolute atomic E-state index is 0.339. The molecular weight excluding hydrogens is 282 g/mol. The molecule has 0 aromatic heterocycles. The van der Waals surface area contributed by atoms with Gasteiger partial charge in [-0.25, -0.2) is 0 Å². The molecule has 0 spiro atoms. The summed E-state index contributed by atoms with van der Waals surface area (Å²) in [4.78, 5) is 2.42. The van der Waals surface area contributed by atoms with Crippen molar-refractivity contribution in [2.24, 2.45) is 0 Å². The van der Waals surface area contributed by atoms with Crippen LogP contribution in [-0.2, 0) is 6.42 Å². The second-order valence-electron chi connectivity index (χ2n) is 5.92. The Morgan fingerprint density at radius 2 is 1.52 bits per heavy atom. The van der Waals surface area contributed by atoms with Crippen molar-refractivity contribution in [2.75, 3.05) is 19.6 Å². The van der Waals surface area contributed by atoms with Gasteiger partial charge in [0.2, 0.25) is 0 Å². The van der Waals surface area contributed by atoms with Crippen LogP contribution in [0.25, 0.3) is 0 Å². The van der Waals surface area contributed by atoms with Crippen LogP contribution in [0.1, 0.15) is 18.4 Å². The van der Waals surface area contributed by atoms with E-state index in [0.29, 0.717) is 6.10 Å². The quantitative estimate of drug-likeness (QED) is 0.797. The molecule has 0 N–H and O–H groups in total. The monoisotopic (exact) mass is 305 g/mol. The Balaban J connectivity index is 1.38. The highest BCUT2D eigenvalue weighted by Gasteiger charge is 2.19. The molecule has 0 atom stereocenters. The summed E-state index contributed by atoms with van der Waals surface area (Å²) in [7, 11) is 0. The molecule has 3 rings (SSSR count). The molecule has 0 bridgehead atoms. The third-order valence-corrected chi connectivity index (χ3v) is 4.14. The predicted molar refractivity (Wildman–Crippen MR) is 94.5 cm³/mol. The van der Waals surface area contributed by atoms with E-state index in [1.165, 1.54) is 5.56 Å². The summed E-state index contributed by atoms with van der Waals surface area (Å²) in [6.07, 6.45) is 3.34. The fourth-order valence-corrected chi connectivity index (χ4v) is 2.80. The molecule has 2 nitrogen and oxygen atoms in total. The van der Waals surface area contributed by atoms with Crippen molar-refractivity contribution < 1.29 is 4.74 Å². The van der Waals surface area contributed by atoms with Crippen LogP contribution in [0.2, 0.25) is 0 Å². The average Bonchev–Trinajstić information content (AvgIpc) is 2.62. The SMILES string of the molecule is C(#CCN1CCC(Oc2ccccc2)CC1)Cc1ccccc1. The Labute approximate surface area is 139 Å². The summed E-state index contributed by atoms with van der Waals surface area (Å²) in [5.41, 5.74) is 1.29. The van der Waals surface area contributed by atoms with Crippen molar-refractivity contribution >= 4 is 0 Å².